The number of anilines is 2. The highest BCUT2D eigenvalue weighted by molar-refractivity contribution is 5.94. The molecule has 2 rings (SSSR count). The van der Waals surface area contributed by atoms with Crippen LogP contribution in [0.1, 0.15) is 24.2 Å². The first-order chi connectivity index (χ1) is 10.5. The normalized spacial score (nSPS) is 10.1. The SMILES string of the molecule is CCOc1ncnc(Nc2ccc(C(C)=O)cc2)c1[N+](=O)[O-]. The number of Topliss-reactive ketones (excluding diaryl/α,β-unsaturated/α-hetero) is 1. The molecule has 114 valence electrons. The Balaban J connectivity index is 2.34. The molecule has 22 heavy (non-hydrogen) atoms. The zero-order valence-electron chi connectivity index (χ0n) is 12.1. The van der Waals surface area contributed by atoms with Crippen molar-refractivity contribution in [3.8, 4) is 5.88 Å². The molecule has 0 bridgehead atoms. The Bertz CT molecular complexity index is 700. The molecule has 0 aliphatic carbocycles. The Kier molecular flexibility index (Phi) is 4.62. The van der Waals surface area contributed by atoms with Crippen LogP contribution in [0.25, 0.3) is 0 Å². The summed E-state index contributed by atoms with van der Waals surface area (Å²) in [5, 5.41) is 14.0. The second-order valence-electron chi connectivity index (χ2n) is 4.32. The molecule has 0 amide bonds. The quantitative estimate of drug-likeness (QED) is 0.496. The Morgan fingerprint density at radius 1 is 1.32 bits per heavy atom. The molecule has 0 radical (unpaired) electrons. The molecule has 0 aliphatic heterocycles. The lowest BCUT2D eigenvalue weighted by atomic mass is 10.1. The fraction of sp³-hybridized carbons (Fsp3) is 0.214. The number of nitro groups is 1. The number of nitrogens with zero attached hydrogens (tertiary/aromatic N) is 3. The number of carbonyl (C=O) groups is 1. The van der Waals surface area contributed by atoms with Crippen LogP contribution in [0.2, 0.25) is 0 Å². The Hall–Kier alpha value is -3.03. The average Bonchev–Trinajstić information content (AvgIpc) is 2.48. The van der Waals surface area contributed by atoms with E-state index in [9.17, 15) is 14.9 Å². The van der Waals surface area contributed by atoms with Crippen molar-refractivity contribution in [2.24, 2.45) is 0 Å². The first kappa shape index (κ1) is 15.4. The van der Waals surface area contributed by atoms with Crippen LogP contribution in [0, 0.1) is 10.1 Å². The summed E-state index contributed by atoms with van der Waals surface area (Å²) in [6.07, 6.45) is 1.18. The number of aromatic nitrogens is 2. The zero-order chi connectivity index (χ0) is 16.1. The monoisotopic (exact) mass is 302 g/mol. The van der Waals surface area contributed by atoms with Crippen molar-refractivity contribution in [3.63, 3.8) is 0 Å². The number of benzene rings is 1. The zero-order valence-corrected chi connectivity index (χ0v) is 12.1. The summed E-state index contributed by atoms with van der Waals surface area (Å²) in [6, 6.07) is 6.54. The molecule has 0 saturated heterocycles. The summed E-state index contributed by atoms with van der Waals surface area (Å²) < 4.78 is 5.15. The van der Waals surface area contributed by atoms with Crippen molar-refractivity contribution >= 4 is 23.0 Å². The topological polar surface area (TPSA) is 107 Å². The van der Waals surface area contributed by atoms with Gasteiger partial charge in [0.25, 0.3) is 5.88 Å². The number of rotatable bonds is 6. The van der Waals surface area contributed by atoms with E-state index in [1.165, 1.54) is 13.3 Å². The number of carbonyl (C=O) groups excluding carboxylic acids is 1. The molecule has 0 aliphatic rings. The van der Waals surface area contributed by atoms with E-state index in [1.807, 2.05) is 0 Å². The standard InChI is InChI=1S/C14H14N4O4/c1-3-22-14-12(18(20)21)13(15-8-16-14)17-11-6-4-10(5-7-11)9(2)19/h4-8H,3H2,1-2H3,(H,15,16,17). The van der Waals surface area contributed by atoms with Gasteiger partial charge >= 0.3 is 5.69 Å². The van der Waals surface area contributed by atoms with Crippen molar-refractivity contribution in [3.05, 3.63) is 46.3 Å². The van der Waals surface area contributed by atoms with E-state index < -0.39 is 4.92 Å². The van der Waals surface area contributed by atoms with Gasteiger partial charge in [-0.3, -0.25) is 14.9 Å². The first-order valence-corrected chi connectivity index (χ1v) is 6.53. The van der Waals surface area contributed by atoms with Gasteiger partial charge in [-0.2, -0.15) is 4.98 Å². The van der Waals surface area contributed by atoms with Crippen LogP contribution in [-0.2, 0) is 0 Å². The van der Waals surface area contributed by atoms with Crippen LogP contribution in [-0.4, -0.2) is 27.3 Å². The highest BCUT2D eigenvalue weighted by Crippen LogP contribution is 2.32. The highest BCUT2D eigenvalue weighted by atomic mass is 16.6. The molecule has 1 heterocycles. The molecule has 8 heteroatoms. The number of hydrogen-bond acceptors (Lipinski definition) is 7. The second kappa shape index (κ2) is 6.61. The molecule has 0 saturated carbocycles. The van der Waals surface area contributed by atoms with Gasteiger partial charge in [0.05, 0.1) is 11.5 Å². The Morgan fingerprint density at radius 3 is 2.55 bits per heavy atom. The fourth-order valence-corrected chi connectivity index (χ4v) is 1.79. The predicted molar refractivity (Wildman–Crippen MR) is 79.6 cm³/mol. The van der Waals surface area contributed by atoms with Crippen molar-refractivity contribution < 1.29 is 14.5 Å². The lowest BCUT2D eigenvalue weighted by Gasteiger charge is -2.08. The molecule has 1 N–H and O–H groups in total. The molecule has 8 nitrogen and oxygen atoms in total. The predicted octanol–water partition coefficient (Wildman–Crippen LogP) is 2.73. The van der Waals surface area contributed by atoms with Gasteiger partial charge in [0.1, 0.15) is 6.33 Å². The van der Waals surface area contributed by atoms with Crippen LogP contribution in [0.3, 0.4) is 0 Å². The smallest absolute Gasteiger partial charge is 0.373 e. The van der Waals surface area contributed by atoms with Gasteiger partial charge in [-0.1, -0.05) is 0 Å². The summed E-state index contributed by atoms with van der Waals surface area (Å²) in [7, 11) is 0. The van der Waals surface area contributed by atoms with E-state index in [1.54, 1.807) is 31.2 Å². The fourth-order valence-electron chi connectivity index (χ4n) is 1.79. The molecule has 1 aromatic carbocycles. The maximum absolute atomic E-state index is 11.2. The van der Waals surface area contributed by atoms with Gasteiger partial charge in [0, 0.05) is 11.3 Å². The minimum absolute atomic E-state index is 0.0269. The van der Waals surface area contributed by atoms with Gasteiger partial charge in [-0.15, -0.1) is 0 Å². The van der Waals surface area contributed by atoms with E-state index in [4.69, 9.17) is 4.74 Å². The number of nitrogens with one attached hydrogen (secondary N) is 1. The van der Waals surface area contributed by atoms with Crippen molar-refractivity contribution in [2.75, 3.05) is 11.9 Å². The molecule has 0 unspecified atom stereocenters. The van der Waals surface area contributed by atoms with Crippen LogP contribution in [0.15, 0.2) is 30.6 Å². The summed E-state index contributed by atoms with van der Waals surface area (Å²) in [5.74, 6) is -0.123. The average molecular weight is 302 g/mol. The van der Waals surface area contributed by atoms with E-state index in [-0.39, 0.29) is 29.8 Å². The third-order valence-electron chi connectivity index (χ3n) is 2.81. The summed E-state index contributed by atoms with van der Waals surface area (Å²) in [6.45, 7) is 3.43. The molecule has 0 fully saturated rings. The maximum Gasteiger partial charge on any atom is 0.373 e. The number of ether oxygens (including phenoxy) is 1. The Labute approximate surface area is 126 Å². The van der Waals surface area contributed by atoms with E-state index in [0.29, 0.717) is 11.3 Å². The second-order valence-corrected chi connectivity index (χ2v) is 4.32. The van der Waals surface area contributed by atoms with Crippen molar-refractivity contribution in [2.45, 2.75) is 13.8 Å². The van der Waals surface area contributed by atoms with Gasteiger partial charge in [-0.05, 0) is 38.1 Å². The van der Waals surface area contributed by atoms with E-state index >= 15 is 0 Å². The summed E-state index contributed by atoms with van der Waals surface area (Å²) >= 11 is 0. The molecule has 0 spiro atoms. The van der Waals surface area contributed by atoms with Crippen molar-refractivity contribution in [1.82, 2.24) is 9.97 Å². The maximum atomic E-state index is 11.2. The van der Waals surface area contributed by atoms with Gasteiger partial charge in [-0.25, -0.2) is 4.98 Å². The van der Waals surface area contributed by atoms with Gasteiger partial charge in [0.15, 0.2) is 5.78 Å². The van der Waals surface area contributed by atoms with Gasteiger partial charge in [0.2, 0.25) is 5.82 Å². The Morgan fingerprint density at radius 2 is 2.00 bits per heavy atom. The first-order valence-electron chi connectivity index (χ1n) is 6.53. The molecule has 1 aromatic heterocycles. The summed E-state index contributed by atoms with van der Waals surface area (Å²) in [4.78, 5) is 29.5. The number of ketones is 1. The van der Waals surface area contributed by atoms with Crippen molar-refractivity contribution in [1.29, 1.82) is 0 Å². The van der Waals surface area contributed by atoms with E-state index in [0.717, 1.165) is 0 Å². The molecular formula is C14H14N4O4. The van der Waals surface area contributed by atoms with Gasteiger partial charge < -0.3 is 10.1 Å². The third-order valence-corrected chi connectivity index (χ3v) is 2.81. The molecule has 0 atom stereocenters. The third kappa shape index (κ3) is 3.35. The largest absolute Gasteiger partial charge is 0.473 e. The minimum atomic E-state index is -0.600. The lowest BCUT2D eigenvalue weighted by Crippen LogP contribution is -2.05. The molecule has 2 aromatic rings. The van der Waals surface area contributed by atoms with Crippen LogP contribution >= 0.6 is 0 Å². The van der Waals surface area contributed by atoms with Crippen LogP contribution in [0.4, 0.5) is 17.2 Å². The molecular weight excluding hydrogens is 288 g/mol. The van der Waals surface area contributed by atoms with Crippen LogP contribution in [0.5, 0.6) is 5.88 Å². The lowest BCUT2D eigenvalue weighted by molar-refractivity contribution is -0.385. The summed E-state index contributed by atoms with van der Waals surface area (Å²) in [5.41, 5.74) is 0.784. The minimum Gasteiger partial charge on any atom is -0.473 e. The van der Waals surface area contributed by atoms with Crippen LogP contribution < -0.4 is 10.1 Å². The highest BCUT2D eigenvalue weighted by Gasteiger charge is 2.24. The number of hydrogen-bond donors (Lipinski definition) is 1. The van der Waals surface area contributed by atoms with E-state index in [2.05, 4.69) is 15.3 Å².